The Morgan fingerprint density at radius 2 is 1.77 bits per heavy atom. The third kappa shape index (κ3) is 4.36. The Labute approximate surface area is 189 Å². The van der Waals surface area contributed by atoms with Crippen molar-refractivity contribution >= 4 is 35.1 Å². The SMILES string of the molecule is Cl.Cn1nc(C2CCC(=O)NC2=O)c2ccc(C3CCN(C4CCNCC4)CC3)cc21. The molecule has 1 aromatic carbocycles. The standard InChI is InChI=1S/C23H31N5O2.ClH/c1-27-20-14-16(15-8-12-28(13-9-15)17-6-10-24-11-7-17)2-3-18(20)22(26-27)19-4-5-21(29)25-23(19)30;/h2-3,14-15,17,19,24H,4-13H2,1H3,(H,25,29,30);1H. The minimum absolute atomic E-state index is 0. The molecule has 3 aliphatic heterocycles. The molecule has 2 N–H and O–H groups in total. The van der Waals surface area contributed by atoms with E-state index in [0.717, 1.165) is 35.7 Å². The zero-order valence-corrected chi connectivity index (χ0v) is 18.9. The molecule has 0 bridgehead atoms. The van der Waals surface area contributed by atoms with Gasteiger partial charge in [-0.05, 0) is 75.8 Å². The third-order valence-corrected chi connectivity index (χ3v) is 7.30. The molecule has 1 atom stereocenters. The molecule has 4 heterocycles. The number of hydrogen-bond donors (Lipinski definition) is 2. The van der Waals surface area contributed by atoms with Crippen molar-refractivity contribution in [2.24, 2.45) is 7.05 Å². The summed E-state index contributed by atoms with van der Waals surface area (Å²) in [5.74, 6) is -0.165. The van der Waals surface area contributed by atoms with E-state index in [1.54, 1.807) is 0 Å². The number of nitrogens with zero attached hydrogens (tertiary/aromatic N) is 3. The lowest BCUT2D eigenvalue weighted by molar-refractivity contribution is -0.134. The number of piperidine rings is 3. The Balaban J connectivity index is 0.00000231. The molecule has 0 radical (unpaired) electrons. The first-order valence-corrected chi connectivity index (χ1v) is 11.3. The quantitative estimate of drug-likeness (QED) is 0.709. The number of aryl methyl sites for hydroxylation is 1. The van der Waals surface area contributed by atoms with Crippen molar-refractivity contribution in [3.05, 3.63) is 29.5 Å². The molecule has 168 valence electrons. The summed E-state index contributed by atoms with van der Waals surface area (Å²) in [6, 6.07) is 7.38. The highest BCUT2D eigenvalue weighted by Gasteiger charge is 2.32. The summed E-state index contributed by atoms with van der Waals surface area (Å²) in [5, 5.41) is 11.6. The Hall–Kier alpha value is -1.96. The largest absolute Gasteiger partial charge is 0.317 e. The third-order valence-electron chi connectivity index (χ3n) is 7.30. The highest BCUT2D eigenvalue weighted by Crippen LogP contribution is 2.35. The number of hydrogen-bond acceptors (Lipinski definition) is 5. The van der Waals surface area contributed by atoms with Crippen LogP contribution >= 0.6 is 12.4 Å². The van der Waals surface area contributed by atoms with Gasteiger partial charge in [-0.2, -0.15) is 5.10 Å². The molecule has 1 unspecified atom stereocenters. The average Bonchev–Trinajstić information content (AvgIpc) is 3.10. The van der Waals surface area contributed by atoms with Crippen molar-refractivity contribution in [1.29, 1.82) is 0 Å². The number of carbonyl (C=O) groups excluding carboxylic acids is 2. The Kier molecular flexibility index (Phi) is 6.65. The fourth-order valence-corrected chi connectivity index (χ4v) is 5.54. The van der Waals surface area contributed by atoms with Crippen molar-refractivity contribution in [3.63, 3.8) is 0 Å². The zero-order chi connectivity index (χ0) is 20.7. The molecule has 8 heteroatoms. The van der Waals surface area contributed by atoms with Crippen LogP contribution in [0.25, 0.3) is 10.9 Å². The van der Waals surface area contributed by atoms with Crippen molar-refractivity contribution < 1.29 is 9.59 Å². The average molecular weight is 446 g/mol. The van der Waals surface area contributed by atoms with Crippen molar-refractivity contribution in [1.82, 2.24) is 25.3 Å². The topological polar surface area (TPSA) is 79.3 Å². The van der Waals surface area contributed by atoms with Crippen molar-refractivity contribution in [2.75, 3.05) is 26.2 Å². The van der Waals surface area contributed by atoms with E-state index in [-0.39, 0.29) is 30.1 Å². The van der Waals surface area contributed by atoms with Crippen LogP contribution in [-0.2, 0) is 16.6 Å². The van der Waals surface area contributed by atoms with E-state index in [1.807, 2.05) is 11.7 Å². The fraction of sp³-hybridized carbons (Fsp3) is 0.609. The van der Waals surface area contributed by atoms with Gasteiger partial charge in [-0.15, -0.1) is 12.4 Å². The van der Waals surface area contributed by atoms with Gasteiger partial charge < -0.3 is 10.2 Å². The number of nitrogens with one attached hydrogen (secondary N) is 2. The molecule has 2 amide bonds. The summed E-state index contributed by atoms with van der Waals surface area (Å²) >= 11 is 0. The van der Waals surface area contributed by atoms with Gasteiger partial charge in [0.05, 0.1) is 17.1 Å². The van der Waals surface area contributed by atoms with Crippen LogP contribution in [0.5, 0.6) is 0 Å². The lowest BCUT2D eigenvalue weighted by Gasteiger charge is -2.39. The van der Waals surface area contributed by atoms with Crippen molar-refractivity contribution in [3.8, 4) is 0 Å². The van der Waals surface area contributed by atoms with Gasteiger partial charge in [-0.1, -0.05) is 12.1 Å². The fourth-order valence-electron chi connectivity index (χ4n) is 5.54. The van der Waals surface area contributed by atoms with E-state index in [1.165, 1.54) is 44.3 Å². The first-order chi connectivity index (χ1) is 14.6. The highest BCUT2D eigenvalue weighted by atomic mass is 35.5. The van der Waals surface area contributed by atoms with Crippen molar-refractivity contribution in [2.45, 2.75) is 56.4 Å². The van der Waals surface area contributed by atoms with Gasteiger partial charge in [0.25, 0.3) is 0 Å². The second-order valence-corrected chi connectivity index (χ2v) is 9.08. The maximum Gasteiger partial charge on any atom is 0.235 e. The summed E-state index contributed by atoms with van der Waals surface area (Å²) in [6.07, 6.45) is 5.86. The second-order valence-electron chi connectivity index (χ2n) is 9.08. The Bertz CT molecular complexity index is 960. The molecule has 3 aliphatic rings. The second kappa shape index (κ2) is 9.27. The number of aromatic nitrogens is 2. The molecule has 0 spiro atoms. The summed E-state index contributed by atoms with van der Waals surface area (Å²) in [5.41, 5.74) is 3.25. The molecule has 0 saturated carbocycles. The smallest absolute Gasteiger partial charge is 0.235 e. The molecule has 3 saturated heterocycles. The van der Waals surface area contributed by atoms with Crippen LogP contribution in [-0.4, -0.2) is 58.7 Å². The Morgan fingerprint density at radius 3 is 2.48 bits per heavy atom. The van der Waals surface area contributed by atoms with Gasteiger partial charge in [-0.25, -0.2) is 0 Å². The predicted octanol–water partition coefficient (Wildman–Crippen LogP) is 2.45. The van der Waals surface area contributed by atoms with Crippen LogP contribution in [0.1, 0.15) is 61.6 Å². The molecular formula is C23H32ClN5O2. The van der Waals surface area contributed by atoms with E-state index in [9.17, 15) is 9.59 Å². The summed E-state index contributed by atoms with van der Waals surface area (Å²) in [6.45, 7) is 4.66. The number of benzene rings is 1. The number of rotatable bonds is 3. The summed E-state index contributed by atoms with van der Waals surface area (Å²) in [4.78, 5) is 26.5. The number of carbonyl (C=O) groups is 2. The lowest BCUT2D eigenvalue weighted by Crippen LogP contribution is -2.46. The molecule has 2 aromatic rings. The normalized spacial score (nSPS) is 24.2. The van der Waals surface area contributed by atoms with Crippen LogP contribution < -0.4 is 10.6 Å². The van der Waals surface area contributed by atoms with Crippen LogP contribution in [0.3, 0.4) is 0 Å². The monoisotopic (exact) mass is 445 g/mol. The van der Waals surface area contributed by atoms with Crippen LogP contribution in [0, 0.1) is 0 Å². The summed E-state index contributed by atoms with van der Waals surface area (Å²) in [7, 11) is 1.95. The molecule has 31 heavy (non-hydrogen) atoms. The van der Waals surface area contributed by atoms with Gasteiger partial charge in [0.2, 0.25) is 11.8 Å². The van der Waals surface area contributed by atoms with E-state index < -0.39 is 0 Å². The predicted molar refractivity (Wildman–Crippen MR) is 123 cm³/mol. The van der Waals surface area contributed by atoms with Gasteiger partial charge in [0.1, 0.15) is 0 Å². The minimum atomic E-state index is -0.342. The number of imide groups is 1. The van der Waals surface area contributed by atoms with E-state index in [0.29, 0.717) is 18.8 Å². The number of likely N-dealkylation sites (tertiary alicyclic amines) is 1. The van der Waals surface area contributed by atoms with E-state index >= 15 is 0 Å². The van der Waals surface area contributed by atoms with Crippen LogP contribution in [0.4, 0.5) is 0 Å². The Morgan fingerprint density at radius 1 is 1.03 bits per heavy atom. The summed E-state index contributed by atoms with van der Waals surface area (Å²) < 4.78 is 1.89. The number of amides is 2. The maximum absolute atomic E-state index is 12.3. The highest BCUT2D eigenvalue weighted by molar-refractivity contribution is 6.02. The van der Waals surface area contributed by atoms with E-state index in [2.05, 4.69) is 38.8 Å². The molecule has 5 rings (SSSR count). The molecule has 3 fully saturated rings. The van der Waals surface area contributed by atoms with Gasteiger partial charge >= 0.3 is 0 Å². The first-order valence-electron chi connectivity index (χ1n) is 11.3. The zero-order valence-electron chi connectivity index (χ0n) is 18.1. The number of fused-ring (bicyclic) bond motifs is 1. The van der Waals surface area contributed by atoms with Gasteiger partial charge in [0.15, 0.2) is 0 Å². The first kappa shape index (κ1) is 22.2. The van der Waals surface area contributed by atoms with Gasteiger partial charge in [0, 0.05) is 24.9 Å². The van der Waals surface area contributed by atoms with Crippen LogP contribution in [0.2, 0.25) is 0 Å². The van der Waals surface area contributed by atoms with E-state index in [4.69, 9.17) is 0 Å². The molecule has 7 nitrogen and oxygen atoms in total. The minimum Gasteiger partial charge on any atom is -0.317 e. The van der Waals surface area contributed by atoms with Gasteiger partial charge in [-0.3, -0.25) is 19.6 Å². The van der Waals surface area contributed by atoms with Crippen LogP contribution in [0.15, 0.2) is 18.2 Å². The molecular weight excluding hydrogens is 414 g/mol. The molecule has 0 aliphatic carbocycles. The maximum atomic E-state index is 12.3. The lowest BCUT2D eigenvalue weighted by atomic mass is 9.87. The molecule has 1 aromatic heterocycles. The number of halogens is 1.